The van der Waals surface area contributed by atoms with E-state index < -0.39 is 37.8 Å². The number of aliphatic carboxylic acids is 1. The molecule has 5 N–H and O–H groups in total. The second-order valence-corrected chi connectivity index (χ2v) is 9.44. The van der Waals surface area contributed by atoms with Crippen molar-refractivity contribution in [3.63, 3.8) is 0 Å². The van der Waals surface area contributed by atoms with Crippen molar-refractivity contribution in [2.75, 3.05) is 26.4 Å². The molecule has 0 aromatic heterocycles. The average molecular weight is 399 g/mol. The highest BCUT2D eigenvalue weighted by Gasteiger charge is 2.26. The van der Waals surface area contributed by atoms with E-state index in [9.17, 15) is 4.79 Å². The number of aryl methyl sites for hydroxylation is 1. The molecule has 0 unspecified atom stereocenters. The van der Waals surface area contributed by atoms with Gasteiger partial charge in [0.1, 0.15) is 0 Å². The summed E-state index contributed by atoms with van der Waals surface area (Å²) in [7, 11) is 0. The van der Waals surface area contributed by atoms with E-state index >= 15 is 0 Å². The number of carboxylic acid groups (broad SMARTS) is 1. The standard InChI is InChI=1S/C17H26O2.C5H12O4/c1-16(2,3)13-9-12(7-8-15(18)19)10-14(11-13)17(4,5)6;6-1-5(2-7,3-8)4-9/h9-11H,7-8H2,1-6H3,(H,18,19);6-9H,1-4H2. The molecule has 28 heavy (non-hydrogen) atoms. The summed E-state index contributed by atoms with van der Waals surface area (Å²) >= 11 is 0. The molecule has 162 valence electrons. The number of carbonyl (C=O) groups is 1. The SMILES string of the molecule is CC(C)(C)c1cc(CCC(=O)O)cc(C(C)(C)C)c1.OCC(CO)(CO)CO. The van der Waals surface area contributed by atoms with E-state index in [0.717, 1.165) is 5.56 Å². The molecule has 0 bridgehead atoms. The monoisotopic (exact) mass is 398 g/mol. The van der Waals surface area contributed by atoms with E-state index in [1.165, 1.54) is 11.1 Å². The fourth-order valence-corrected chi connectivity index (χ4v) is 2.25. The molecule has 0 aliphatic carbocycles. The fraction of sp³-hybridized carbons (Fsp3) is 0.682. The number of hydrogen-bond acceptors (Lipinski definition) is 5. The number of hydrogen-bond donors (Lipinski definition) is 5. The van der Waals surface area contributed by atoms with Gasteiger partial charge in [0.05, 0.1) is 31.8 Å². The Kier molecular flexibility index (Phi) is 10.3. The average Bonchev–Trinajstić information content (AvgIpc) is 2.61. The predicted octanol–water partition coefficient (Wildman–Crippen LogP) is 2.24. The zero-order valence-corrected chi connectivity index (χ0v) is 18.1. The number of benzene rings is 1. The molecular weight excluding hydrogens is 360 g/mol. The number of aliphatic hydroxyl groups excluding tert-OH is 4. The van der Waals surface area contributed by atoms with Crippen molar-refractivity contribution in [2.24, 2.45) is 5.41 Å². The van der Waals surface area contributed by atoms with Crippen molar-refractivity contribution in [1.29, 1.82) is 0 Å². The highest BCUT2D eigenvalue weighted by Crippen LogP contribution is 2.30. The van der Waals surface area contributed by atoms with Crippen LogP contribution in [0.3, 0.4) is 0 Å². The zero-order valence-electron chi connectivity index (χ0n) is 18.1. The van der Waals surface area contributed by atoms with Gasteiger partial charge in [-0.15, -0.1) is 0 Å². The van der Waals surface area contributed by atoms with Gasteiger partial charge in [-0.05, 0) is 33.9 Å². The van der Waals surface area contributed by atoms with Crippen LogP contribution < -0.4 is 0 Å². The van der Waals surface area contributed by atoms with Gasteiger partial charge >= 0.3 is 5.97 Å². The summed E-state index contributed by atoms with van der Waals surface area (Å²) in [6.45, 7) is 11.5. The van der Waals surface area contributed by atoms with Gasteiger partial charge in [0.2, 0.25) is 0 Å². The van der Waals surface area contributed by atoms with Gasteiger partial charge in [0.15, 0.2) is 0 Å². The second-order valence-electron chi connectivity index (χ2n) is 9.44. The van der Waals surface area contributed by atoms with E-state index in [1.807, 2.05) is 0 Å². The first-order valence-electron chi connectivity index (χ1n) is 9.55. The van der Waals surface area contributed by atoms with Crippen LogP contribution in [0.25, 0.3) is 0 Å². The molecule has 6 heteroatoms. The molecule has 0 heterocycles. The minimum absolute atomic E-state index is 0.0826. The molecule has 1 aromatic carbocycles. The summed E-state index contributed by atoms with van der Waals surface area (Å²) in [5.74, 6) is -0.738. The van der Waals surface area contributed by atoms with Crippen LogP contribution >= 0.6 is 0 Å². The fourth-order valence-electron chi connectivity index (χ4n) is 2.25. The van der Waals surface area contributed by atoms with Gasteiger partial charge in [-0.25, -0.2) is 0 Å². The van der Waals surface area contributed by atoms with Gasteiger partial charge in [-0.3, -0.25) is 4.79 Å². The van der Waals surface area contributed by atoms with Gasteiger partial charge in [-0.2, -0.15) is 0 Å². The molecular formula is C22H38O6. The van der Waals surface area contributed by atoms with Crippen LogP contribution in [0.15, 0.2) is 18.2 Å². The van der Waals surface area contributed by atoms with Crippen LogP contribution in [0, 0.1) is 5.41 Å². The van der Waals surface area contributed by atoms with Crippen molar-refractivity contribution in [2.45, 2.75) is 65.2 Å². The third-order valence-corrected chi connectivity index (χ3v) is 4.69. The van der Waals surface area contributed by atoms with E-state index in [2.05, 4.69) is 59.7 Å². The van der Waals surface area contributed by atoms with Gasteiger partial charge in [0.25, 0.3) is 0 Å². The molecule has 0 atom stereocenters. The molecule has 6 nitrogen and oxygen atoms in total. The van der Waals surface area contributed by atoms with Gasteiger partial charge in [-0.1, -0.05) is 59.7 Å². The summed E-state index contributed by atoms with van der Waals surface area (Å²) in [4.78, 5) is 10.7. The van der Waals surface area contributed by atoms with Crippen LogP contribution in [-0.4, -0.2) is 57.9 Å². The molecule has 0 aliphatic heterocycles. The lowest BCUT2D eigenvalue weighted by atomic mass is 9.79. The molecule has 0 saturated carbocycles. The van der Waals surface area contributed by atoms with Gasteiger partial charge < -0.3 is 25.5 Å². The third-order valence-electron chi connectivity index (χ3n) is 4.69. The Hall–Kier alpha value is -1.47. The van der Waals surface area contributed by atoms with Crippen LogP contribution in [0.5, 0.6) is 0 Å². The summed E-state index contributed by atoms with van der Waals surface area (Å²) in [5.41, 5.74) is 2.73. The van der Waals surface area contributed by atoms with Crippen molar-refractivity contribution >= 4 is 5.97 Å². The van der Waals surface area contributed by atoms with Crippen molar-refractivity contribution < 1.29 is 30.3 Å². The summed E-state index contributed by atoms with van der Waals surface area (Å²) in [6, 6.07) is 6.56. The van der Waals surface area contributed by atoms with Crippen molar-refractivity contribution in [3.05, 3.63) is 34.9 Å². The molecule has 0 spiro atoms. The maximum Gasteiger partial charge on any atom is 0.303 e. The Morgan fingerprint density at radius 2 is 1.11 bits per heavy atom. The first kappa shape index (κ1) is 26.5. The van der Waals surface area contributed by atoms with Crippen LogP contribution in [0.4, 0.5) is 0 Å². The Morgan fingerprint density at radius 1 is 0.750 bits per heavy atom. The summed E-state index contributed by atoms with van der Waals surface area (Å²) in [6.07, 6.45) is 0.791. The predicted molar refractivity (Wildman–Crippen MR) is 111 cm³/mol. The molecule has 1 aromatic rings. The van der Waals surface area contributed by atoms with Crippen molar-refractivity contribution in [1.82, 2.24) is 0 Å². The minimum atomic E-state index is -1.11. The highest BCUT2D eigenvalue weighted by atomic mass is 16.4. The molecule has 0 fully saturated rings. The molecule has 0 aliphatic rings. The highest BCUT2D eigenvalue weighted by molar-refractivity contribution is 5.67. The van der Waals surface area contributed by atoms with E-state index in [0.29, 0.717) is 6.42 Å². The topological polar surface area (TPSA) is 118 Å². The maximum absolute atomic E-state index is 10.7. The summed E-state index contributed by atoms with van der Waals surface area (Å²) < 4.78 is 0. The first-order chi connectivity index (χ1) is 12.7. The Labute approximate surface area is 168 Å². The number of carboxylic acids is 1. The lowest BCUT2D eigenvalue weighted by Crippen LogP contribution is -2.37. The molecule has 0 saturated heterocycles. The summed E-state index contributed by atoms with van der Waals surface area (Å²) in [5, 5.41) is 42.8. The van der Waals surface area contributed by atoms with Crippen molar-refractivity contribution in [3.8, 4) is 0 Å². The van der Waals surface area contributed by atoms with E-state index in [-0.39, 0.29) is 17.3 Å². The van der Waals surface area contributed by atoms with Gasteiger partial charge in [0, 0.05) is 6.42 Å². The minimum Gasteiger partial charge on any atom is -0.481 e. The largest absolute Gasteiger partial charge is 0.481 e. The third kappa shape index (κ3) is 8.69. The lowest BCUT2D eigenvalue weighted by Gasteiger charge is -2.26. The normalized spacial score (nSPS) is 12.4. The van der Waals surface area contributed by atoms with Crippen LogP contribution in [0.2, 0.25) is 0 Å². The Bertz CT molecular complexity index is 557. The molecule has 0 radical (unpaired) electrons. The molecule has 1 rings (SSSR count). The van der Waals surface area contributed by atoms with Crippen LogP contribution in [-0.2, 0) is 22.0 Å². The quantitative estimate of drug-likeness (QED) is 0.481. The van der Waals surface area contributed by atoms with E-state index in [4.69, 9.17) is 25.5 Å². The number of rotatable bonds is 7. The maximum atomic E-state index is 10.7. The van der Waals surface area contributed by atoms with Crippen LogP contribution in [0.1, 0.15) is 64.7 Å². The Morgan fingerprint density at radius 3 is 1.32 bits per heavy atom. The second kappa shape index (κ2) is 10.9. The zero-order chi connectivity index (χ0) is 22.2. The first-order valence-corrected chi connectivity index (χ1v) is 9.55. The lowest BCUT2D eigenvalue weighted by molar-refractivity contribution is -0.136. The van der Waals surface area contributed by atoms with E-state index in [1.54, 1.807) is 0 Å². The smallest absolute Gasteiger partial charge is 0.303 e. The number of aliphatic hydroxyl groups is 4. The Balaban J connectivity index is 0.000000684. The molecule has 0 amide bonds.